The third-order valence-electron chi connectivity index (χ3n) is 6.72. The minimum Gasteiger partial charge on any atom is -0.456 e. The third-order valence-corrected chi connectivity index (χ3v) is 8.43. The molecule has 1 atom stereocenters. The number of carbonyl (C=O) groups excluding carboxylic acids is 1. The molecule has 198 valence electrons. The van der Waals surface area contributed by atoms with Crippen LogP contribution < -0.4 is 15.8 Å². The Bertz CT molecular complexity index is 1520. The van der Waals surface area contributed by atoms with E-state index in [0.29, 0.717) is 17.2 Å². The van der Waals surface area contributed by atoms with E-state index in [0.717, 1.165) is 39.8 Å². The van der Waals surface area contributed by atoms with Crippen LogP contribution in [0.3, 0.4) is 0 Å². The summed E-state index contributed by atoms with van der Waals surface area (Å²) in [5.74, 6) is 1.22. The topological polar surface area (TPSA) is 112 Å². The summed E-state index contributed by atoms with van der Waals surface area (Å²) in [4.78, 5) is 17.8. The Morgan fingerprint density at radius 3 is 2.63 bits per heavy atom. The first kappa shape index (κ1) is 26.1. The van der Waals surface area contributed by atoms with Gasteiger partial charge in [-0.1, -0.05) is 12.1 Å². The van der Waals surface area contributed by atoms with Crippen molar-refractivity contribution in [2.75, 3.05) is 5.32 Å². The molecule has 1 aliphatic rings. The molecular weight excluding hydrogens is 498 g/mol. The lowest BCUT2D eigenvalue weighted by molar-refractivity contribution is -0.115. The Morgan fingerprint density at radius 2 is 1.95 bits per heavy atom. The van der Waals surface area contributed by atoms with Crippen LogP contribution in [0.2, 0.25) is 0 Å². The molecule has 0 bridgehead atoms. The van der Waals surface area contributed by atoms with Crippen molar-refractivity contribution in [3.05, 3.63) is 72.2 Å². The third kappa shape index (κ3) is 5.63. The van der Waals surface area contributed by atoms with Crippen molar-refractivity contribution in [1.29, 1.82) is 0 Å². The summed E-state index contributed by atoms with van der Waals surface area (Å²) in [5.41, 5.74) is 8.98. The van der Waals surface area contributed by atoms with Crippen LogP contribution in [0.25, 0.3) is 10.9 Å². The molecule has 2 heterocycles. The van der Waals surface area contributed by atoms with E-state index in [1.807, 2.05) is 60.3 Å². The number of anilines is 1. The highest BCUT2D eigenvalue weighted by Crippen LogP contribution is 2.34. The Hall–Kier alpha value is -3.56. The minimum absolute atomic E-state index is 0.102. The lowest BCUT2D eigenvalue weighted by Gasteiger charge is -2.31. The number of ether oxygens (including phenoxy) is 1. The molecule has 2 aromatic carbocycles. The van der Waals surface area contributed by atoms with Crippen molar-refractivity contribution in [2.24, 2.45) is 5.73 Å². The fraction of sp³-hybridized carbons (Fsp3) is 0.345. The lowest BCUT2D eigenvalue weighted by atomic mass is 9.93. The number of benzene rings is 2. The number of aryl methyl sites for hydroxylation is 1. The maximum absolute atomic E-state index is 13.0. The number of nitrogens with one attached hydrogen (secondary N) is 1. The van der Waals surface area contributed by atoms with Gasteiger partial charge in [0, 0.05) is 34.0 Å². The number of rotatable bonds is 7. The largest absolute Gasteiger partial charge is 0.456 e. The molecule has 0 radical (unpaired) electrons. The van der Waals surface area contributed by atoms with Crippen LogP contribution >= 0.6 is 0 Å². The zero-order chi connectivity index (χ0) is 27.0. The average Bonchev–Trinajstić information content (AvgIpc) is 3.32. The molecule has 3 N–H and O–H groups in total. The molecule has 0 spiro atoms. The van der Waals surface area contributed by atoms with Gasteiger partial charge in [0.25, 0.3) is 0 Å². The number of amides is 1. The Balaban J connectivity index is 1.29. The number of aromatic nitrogens is 3. The second-order valence-electron chi connectivity index (χ2n) is 10.9. The fourth-order valence-corrected chi connectivity index (χ4v) is 6.15. The number of fused-ring (bicyclic) bond motifs is 1. The Kier molecular flexibility index (Phi) is 7.07. The zero-order valence-electron chi connectivity index (χ0n) is 22.1. The van der Waals surface area contributed by atoms with Crippen LogP contribution in [0, 0.1) is 6.92 Å². The standard InChI is InChI=1S/C29H33N5O3S/c1-18-11-19(12-28(35)33-21-16-32-34(17-21)29(2,3)4)5-8-26(18)37-27-9-10-31-25-7-6-22(15-24(25)27)38(36)23-13-20(30)14-23/h5-11,15-17,20,23H,12-14,30H2,1-4H3,(H,33,35). The Labute approximate surface area is 225 Å². The van der Waals surface area contributed by atoms with Gasteiger partial charge in [0.2, 0.25) is 5.91 Å². The average molecular weight is 532 g/mol. The minimum atomic E-state index is -1.11. The second-order valence-corrected chi connectivity index (χ2v) is 12.6. The van der Waals surface area contributed by atoms with Crippen LogP contribution in [0.5, 0.6) is 11.5 Å². The van der Waals surface area contributed by atoms with Crippen molar-refractivity contribution >= 4 is 33.3 Å². The normalized spacial score (nSPS) is 18.1. The first-order valence-electron chi connectivity index (χ1n) is 12.7. The summed E-state index contributed by atoms with van der Waals surface area (Å²) >= 11 is 0. The summed E-state index contributed by atoms with van der Waals surface area (Å²) in [6.07, 6.45) is 7.00. The lowest BCUT2D eigenvalue weighted by Crippen LogP contribution is -2.42. The maximum atomic E-state index is 13.0. The summed E-state index contributed by atoms with van der Waals surface area (Å²) in [7, 11) is -1.11. The number of nitrogens with two attached hydrogens (primary N) is 1. The van der Waals surface area contributed by atoms with E-state index in [-0.39, 0.29) is 29.2 Å². The van der Waals surface area contributed by atoms with E-state index in [1.54, 1.807) is 12.4 Å². The molecule has 0 aliphatic heterocycles. The quantitative estimate of drug-likeness (QED) is 0.345. The molecular formula is C29H33N5O3S. The van der Waals surface area contributed by atoms with Gasteiger partial charge in [-0.25, -0.2) is 0 Å². The molecule has 1 saturated carbocycles. The summed E-state index contributed by atoms with van der Waals surface area (Å²) < 4.78 is 21.1. The summed E-state index contributed by atoms with van der Waals surface area (Å²) in [6.45, 7) is 8.11. The van der Waals surface area contributed by atoms with Gasteiger partial charge >= 0.3 is 0 Å². The fourth-order valence-electron chi connectivity index (χ4n) is 4.49. The number of hydrogen-bond donors (Lipinski definition) is 2. The Morgan fingerprint density at radius 1 is 1.16 bits per heavy atom. The predicted octanol–water partition coefficient (Wildman–Crippen LogP) is 5.07. The van der Waals surface area contributed by atoms with Gasteiger partial charge in [-0.05, 0) is 82.0 Å². The van der Waals surface area contributed by atoms with Crippen molar-refractivity contribution in [3.63, 3.8) is 0 Å². The molecule has 9 heteroatoms. The van der Waals surface area contributed by atoms with E-state index in [1.165, 1.54) is 0 Å². The van der Waals surface area contributed by atoms with E-state index in [2.05, 4.69) is 36.2 Å². The van der Waals surface area contributed by atoms with Gasteiger partial charge in [-0.3, -0.25) is 18.7 Å². The first-order chi connectivity index (χ1) is 18.1. The van der Waals surface area contributed by atoms with Gasteiger partial charge < -0.3 is 15.8 Å². The molecule has 1 amide bonds. The van der Waals surface area contributed by atoms with Crippen LogP contribution in [-0.4, -0.2) is 36.2 Å². The van der Waals surface area contributed by atoms with Crippen LogP contribution in [-0.2, 0) is 27.6 Å². The van der Waals surface area contributed by atoms with E-state index in [4.69, 9.17) is 10.5 Å². The summed E-state index contributed by atoms with van der Waals surface area (Å²) in [6, 6.07) is 13.3. The van der Waals surface area contributed by atoms with Gasteiger partial charge in [0.15, 0.2) is 0 Å². The molecule has 4 aromatic rings. The van der Waals surface area contributed by atoms with Gasteiger partial charge in [-0.15, -0.1) is 0 Å². The first-order valence-corrected chi connectivity index (χ1v) is 14.0. The van der Waals surface area contributed by atoms with Crippen molar-refractivity contribution < 1.29 is 13.7 Å². The monoisotopic (exact) mass is 531 g/mol. The highest BCUT2D eigenvalue weighted by molar-refractivity contribution is 7.85. The van der Waals surface area contributed by atoms with Gasteiger partial charge in [0.05, 0.1) is 40.2 Å². The second kappa shape index (κ2) is 10.3. The van der Waals surface area contributed by atoms with Gasteiger partial charge in [-0.2, -0.15) is 5.10 Å². The summed E-state index contributed by atoms with van der Waals surface area (Å²) in [5, 5.41) is 8.15. The molecule has 5 rings (SSSR count). The SMILES string of the molecule is Cc1cc(CC(=O)Nc2cnn(C(C)(C)C)c2)ccc1Oc1ccnc2ccc(S(=O)C3CC(N)C3)cc12. The van der Waals surface area contributed by atoms with E-state index in [9.17, 15) is 9.00 Å². The van der Waals surface area contributed by atoms with Crippen molar-refractivity contribution in [1.82, 2.24) is 14.8 Å². The van der Waals surface area contributed by atoms with E-state index < -0.39 is 10.8 Å². The number of hydrogen-bond acceptors (Lipinski definition) is 6. The molecule has 2 aromatic heterocycles. The molecule has 1 fully saturated rings. The maximum Gasteiger partial charge on any atom is 0.228 e. The predicted molar refractivity (Wildman–Crippen MR) is 150 cm³/mol. The van der Waals surface area contributed by atoms with Crippen LogP contribution in [0.4, 0.5) is 5.69 Å². The molecule has 0 saturated heterocycles. The number of carbonyl (C=O) groups is 1. The van der Waals surface area contributed by atoms with E-state index >= 15 is 0 Å². The zero-order valence-corrected chi connectivity index (χ0v) is 22.9. The van der Waals surface area contributed by atoms with Gasteiger partial charge in [0.1, 0.15) is 11.5 Å². The molecule has 38 heavy (non-hydrogen) atoms. The molecule has 1 unspecified atom stereocenters. The molecule has 8 nitrogen and oxygen atoms in total. The van der Waals surface area contributed by atoms with Crippen LogP contribution in [0.1, 0.15) is 44.7 Å². The number of pyridine rings is 1. The smallest absolute Gasteiger partial charge is 0.228 e. The number of nitrogens with zero attached hydrogens (tertiary/aromatic N) is 3. The van der Waals surface area contributed by atoms with Crippen molar-refractivity contribution in [3.8, 4) is 11.5 Å². The highest BCUT2D eigenvalue weighted by Gasteiger charge is 2.31. The molecule has 1 aliphatic carbocycles. The highest BCUT2D eigenvalue weighted by atomic mass is 32.2. The van der Waals surface area contributed by atoms with Crippen LogP contribution in [0.15, 0.2) is 66.0 Å². The van der Waals surface area contributed by atoms with Crippen molar-refractivity contribution in [2.45, 2.75) is 68.7 Å².